The molecule has 0 unspecified atom stereocenters. The number of carbonyl (C=O) groups is 1. The Morgan fingerprint density at radius 2 is 1.36 bits per heavy atom. The van der Waals surface area contributed by atoms with Gasteiger partial charge in [-0.25, -0.2) is 4.79 Å². The SMILES string of the molecule is C=C(C[Si](O[SiH](C)C)(O[SiH](C)C)O[SiH](C)C)C(=O)OCCC. The van der Waals surface area contributed by atoms with Crippen LogP contribution < -0.4 is 0 Å². The molecule has 0 aliphatic rings. The molecule has 0 rings (SSSR count). The Morgan fingerprint density at radius 3 is 1.68 bits per heavy atom. The molecule has 0 aliphatic heterocycles. The second kappa shape index (κ2) is 10.7. The Bertz CT molecular complexity index is 334. The van der Waals surface area contributed by atoms with Gasteiger partial charge in [-0.2, -0.15) is 0 Å². The van der Waals surface area contributed by atoms with E-state index in [4.69, 9.17) is 17.1 Å². The first-order valence-corrected chi connectivity index (χ1v) is 18.3. The highest BCUT2D eigenvalue weighted by Crippen LogP contribution is 2.24. The molecule has 0 bridgehead atoms. The highest BCUT2D eigenvalue weighted by atomic mass is 28.5. The molecule has 0 atom stereocenters. The largest absolute Gasteiger partial charge is 0.473 e. The second-order valence-electron chi connectivity index (χ2n) is 6.10. The molecule has 9 heteroatoms. The fraction of sp³-hybridized carbons (Fsp3) is 0.769. The quantitative estimate of drug-likeness (QED) is 0.313. The summed E-state index contributed by atoms with van der Waals surface area (Å²) >= 11 is 0. The Morgan fingerprint density at radius 1 is 0.955 bits per heavy atom. The molecule has 0 spiro atoms. The van der Waals surface area contributed by atoms with Crippen molar-refractivity contribution in [1.82, 2.24) is 0 Å². The first-order valence-electron chi connectivity index (χ1n) is 8.00. The Kier molecular flexibility index (Phi) is 10.7. The van der Waals surface area contributed by atoms with Crippen LogP contribution in [0, 0.1) is 0 Å². The molecule has 0 saturated carbocycles. The lowest BCUT2D eigenvalue weighted by Crippen LogP contribution is -2.53. The van der Waals surface area contributed by atoms with Crippen LogP contribution >= 0.6 is 0 Å². The Labute approximate surface area is 141 Å². The van der Waals surface area contributed by atoms with Gasteiger partial charge in [0.1, 0.15) is 0 Å². The van der Waals surface area contributed by atoms with E-state index in [2.05, 4.69) is 45.9 Å². The summed E-state index contributed by atoms with van der Waals surface area (Å²) < 4.78 is 23.8. The van der Waals surface area contributed by atoms with Crippen molar-refractivity contribution in [2.24, 2.45) is 0 Å². The van der Waals surface area contributed by atoms with E-state index in [0.717, 1.165) is 6.42 Å². The van der Waals surface area contributed by atoms with Crippen molar-refractivity contribution in [2.45, 2.75) is 58.7 Å². The average Bonchev–Trinajstić information content (AvgIpc) is 2.32. The van der Waals surface area contributed by atoms with Crippen LogP contribution in [-0.2, 0) is 21.9 Å². The van der Waals surface area contributed by atoms with Gasteiger partial charge in [-0.3, -0.25) is 0 Å². The molecular formula is C13H32O5Si4. The van der Waals surface area contributed by atoms with Gasteiger partial charge < -0.3 is 17.1 Å². The van der Waals surface area contributed by atoms with Crippen LogP contribution in [0.4, 0.5) is 0 Å². The fourth-order valence-electron chi connectivity index (χ4n) is 1.92. The predicted octanol–water partition coefficient (Wildman–Crippen LogP) is 2.43. The summed E-state index contributed by atoms with van der Waals surface area (Å²) in [5, 5.41) is 0. The maximum atomic E-state index is 12.0. The lowest BCUT2D eigenvalue weighted by molar-refractivity contribution is -0.139. The second-order valence-corrected chi connectivity index (χ2v) is 16.9. The molecule has 0 heterocycles. The number of rotatable bonds is 11. The van der Waals surface area contributed by atoms with Gasteiger partial charge >= 0.3 is 14.8 Å². The van der Waals surface area contributed by atoms with Crippen LogP contribution in [0.25, 0.3) is 0 Å². The van der Waals surface area contributed by atoms with E-state index in [1.807, 2.05) is 6.92 Å². The fourth-order valence-corrected chi connectivity index (χ4v) is 14.4. The molecule has 0 aromatic heterocycles. The first-order chi connectivity index (χ1) is 10.1. The van der Waals surface area contributed by atoms with Crippen molar-refractivity contribution in [1.29, 1.82) is 0 Å². The van der Waals surface area contributed by atoms with Gasteiger partial charge in [0.05, 0.1) is 6.61 Å². The summed E-state index contributed by atoms with van der Waals surface area (Å²) in [6, 6.07) is 0.344. The van der Waals surface area contributed by atoms with Gasteiger partial charge in [-0.15, -0.1) is 0 Å². The van der Waals surface area contributed by atoms with Crippen molar-refractivity contribution in [3.63, 3.8) is 0 Å². The van der Waals surface area contributed by atoms with Gasteiger partial charge in [-0.1, -0.05) is 13.5 Å². The normalized spacial score (nSPS) is 12.3. The molecule has 0 radical (unpaired) electrons. The Hall–Kier alpha value is -0.0425. The molecule has 0 amide bonds. The van der Waals surface area contributed by atoms with Gasteiger partial charge in [0.2, 0.25) is 0 Å². The number of hydrogen-bond donors (Lipinski definition) is 0. The van der Waals surface area contributed by atoms with Crippen LogP contribution in [0.1, 0.15) is 13.3 Å². The molecule has 0 aromatic carbocycles. The molecular weight excluding hydrogens is 348 g/mol. The van der Waals surface area contributed by atoms with E-state index in [9.17, 15) is 4.79 Å². The molecule has 0 N–H and O–H groups in total. The molecule has 130 valence electrons. The zero-order valence-electron chi connectivity index (χ0n) is 15.1. The van der Waals surface area contributed by atoms with Crippen LogP contribution in [0.15, 0.2) is 12.2 Å². The number of ether oxygens (including phenoxy) is 1. The molecule has 0 aliphatic carbocycles. The van der Waals surface area contributed by atoms with Crippen LogP contribution in [0.3, 0.4) is 0 Å². The van der Waals surface area contributed by atoms with Crippen molar-refractivity contribution in [2.75, 3.05) is 6.61 Å². The van der Waals surface area contributed by atoms with E-state index in [0.29, 0.717) is 18.2 Å². The van der Waals surface area contributed by atoms with Gasteiger partial charge in [0, 0.05) is 11.6 Å². The number of carbonyl (C=O) groups excluding carboxylic acids is 1. The van der Waals surface area contributed by atoms with Crippen LogP contribution in [-0.4, -0.2) is 48.5 Å². The maximum absolute atomic E-state index is 12.0. The van der Waals surface area contributed by atoms with E-state index in [1.165, 1.54) is 0 Å². The Balaban J connectivity index is 5.16. The van der Waals surface area contributed by atoms with Gasteiger partial charge in [-0.05, 0) is 45.7 Å². The molecule has 0 fully saturated rings. The lowest BCUT2D eigenvalue weighted by Gasteiger charge is -2.35. The minimum absolute atomic E-state index is 0.344. The summed E-state index contributed by atoms with van der Waals surface area (Å²) in [4.78, 5) is 12.0. The first kappa shape index (κ1) is 22.0. The van der Waals surface area contributed by atoms with Gasteiger partial charge in [0.25, 0.3) is 0 Å². The molecule has 5 nitrogen and oxygen atoms in total. The molecule has 0 saturated heterocycles. The third-order valence-electron chi connectivity index (χ3n) is 2.40. The summed E-state index contributed by atoms with van der Waals surface area (Å²) in [6.07, 6.45) is 0.793. The monoisotopic (exact) mass is 380 g/mol. The van der Waals surface area contributed by atoms with Crippen molar-refractivity contribution >= 4 is 41.9 Å². The third-order valence-corrected chi connectivity index (χ3v) is 13.2. The summed E-state index contributed by atoms with van der Waals surface area (Å²) in [6.45, 7) is 18.8. The van der Waals surface area contributed by atoms with Crippen LogP contribution in [0.2, 0.25) is 45.3 Å². The highest BCUT2D eigenvalue weighted by Gasteiger charge is 2.44. The van der Waals surface area contributed by atoms with E-state index in [-0.39, 0.29) is 5.97 Å². The molecule has 22 heavy (non-hydrogen) atoms. The van der Waals surface area contributed by atoms with Gasteiger partial charge in [0.15, 0.2) is 27.1 Å². The minimum Gasteiger partial charge on any atom is -0.462 e. The number of hydrogen-bond acceptors (Lipinski definition) is 5. The van der Waals surface area contributed by atoms with Crippen molar-refractivity contribution in [3.8, 4) is 0 Å². The third kappa shape index (κ3) is 9.18. The molecule has 0 aromatic rings. The average molecular weight is 381 g/mol. The predicted molar refractivity (Wildman–Crippen MR) is 101 cm³/mol. The smallest absolute Gasteiger partial charge is 0.462 e. The zero-order chi connectivity index (χ0) is 17.3. The zero-order valence-corrected chi connectivity index (χ0v) is 19.6. The van der Waals surface area contributed by atoms with Crippen LogP contribution in [0.5, 0.6) is 0 Å². The highest BCUT2D eigenvalue weighted by molar-refractivity contribution is 6.80. The summed E-state index contributed by atoms with van der Waals surface area (Å²) in [5.41, 5.74) is 0.402. The standard InChI is InChI=1S/C13H32O5Si4/c1-9-10-15-13(14)12(2)11-22(16-19(3)4,17-20(5)6)18-21(7)8/h19-21H,2,9-11H2,1,3-8H3. The minimum atomic E-state index is -2.87. The summed E-state index contributed by atoms with van der Waals surface area (Å²) in [5.74, 6) is -0.365. The van der Waals surface area contributed by atoms with E-state index >= 15 is 0 Å². The van der Waals surface area contributed by atoms with E-state index < -0.39 is 35.9 Å². The topological polar surface area (TPSA) is 54.0 Å². The summed E-state index contributed by atoms with van der Waals surface area (Å²) in [7, 11) is -6.95. The maximum Gasteiger partial charge on any atom is 0.473 e. The lowest BCUT2D eigenvalue weighted by atomic mass is 10.3. The van der Waals surface area contributed by atoms with Crippen molar-refractivity contribution in [3.05, 3.63) is 12.2 Å². The van der Waals surface area contributed by atoms with Crippen molar-refractivity contribution < 1.29 is 21.9 Å². The van der Waals surface area contributed by atoms with E-state index in [1.54, 1.807) is 0 Å². The number of esters is 1.